The largest absolute Gasteiger partial charge is 0.352 e. The Hall–Kier alpha value is -1.40. The number of hydrogen-bond donors (Lipinski definition) is 2. The molecule has 124 valence electrons. The van der Waals surface area contributed by atoms with Crippen LogP contribution in [-0.4, -0.2) is 20.4 Å². The molecule has 0 radical (unpaired) electrons. The summed E-state index contributed by atoms with van der Waals surface area (Å²) in [7, 11) is -3.39. The van der Waals surface area contributed by atoms with E-state index in [0.29, 0.717) is 12.1 Å². The monoisotopic (exact) mass is 326 g/mol. The van der Waals surface area contributed by atoms with Gasteiger partial charge in [-0.05, 0) is 25.0 Å². The first-order valence-electron chi connectivity index (χ1n) is 7.36. The minimum Gasteiger partial charge on any atom is -0.352 e. The average Bonchev–Trinajstić information content (AvgIpc) is 2.34. The Balaban J connectivity index is 2.85. The van der Waals surface area contributed by atoms with E-state index in [0.717, 1.165) is 5.56 Å². The second-order valence-corrected chi connectivity index (χ2v) is 8.49. The molecule has 1 aromatic rings. The third-order valence-corrected chi connectivity index (χ3v) is 4.52. The molecule has 0 aliphatic heterocycles. The number of rotatable bonds is 6. The SMILES string of the molecule is CC(C)NS(=O)(=O)Cc1ccccc1CNC(=O)C(C)(C)C. The highest BCUT2D eigenvalue weighted by molar-refractivity contribution is 7.88. The number of amides is 1. The van der Waals surface area contributed by atoms with Crippen molar-refractivity contribution in [2.75, 3.05) is 0 Å². The van der Waals surface area contributed by atoms with Gasteiger partial charge in [-0.2, -0.15) is 0 Å². The molecule has 2 N–H and O–H groups in total. The fourth-order valence-corrected chi connectivity index (χ4v) is 3.41. The second-order valence-electron chi connectivity index (χ2n) is 6.73. The minimum atomic E-state index is -3.39. The minimum absolute atomic E-state index is 0.0644. The van der Waals surface area contributed by atoms with Gasteiger partial charge in [0, 0.05) is 18.0 Å². The zero-order valence-electron chi connectivity index (χ0n) is 13.9. The average molecular weight is 326 g/mol. The van der Waals surface area contributed by atoms with E-state index >= 15 is 0 Å². The van der Waals surface area contributed by atoms with Crippen molar-refractivity contribution in [1.29, 1.82) is 0 Å². The Bertz CT molecular complexity index is 617. The lowest BCUT2D eigenvalue weighted by atomic mass is 9.95. The zero-order chi connectivity index (χ0) is 17.0. The van der Waals surface area contributed by atoms with E-state index < -0.39 is 15.4 Å². The Kier molecular flexibility index (Phi) is 6.14. The summed E-state index contributed by atoms with van der Waals surface area (Å²) in [4.78, 5) is 11.9. The van der Waals surface area contributed by atoms with Gasteiger partial charge >= 0.3 is 0 Å². The van der Waals surface area contributed by atoms with E-state index in [2.05, 4.69) is 10.0 Å². The summed E-state index contributed by atoms with van der Waals surface area (Å²) < 4.78 is 26.7. The van der Waals surface area contributed by atoms with Crippen LogP contribution < -0.4 is 10.0 Å². The van der Waals surface area contributed by atoms with Crippen LogP contribution in [0.15, 0.2) is 24.3 Å². The molecule has 5 nitrogen and oxygen atoms in total. The fourth-order valence-electron chi connectivity index (χ4n) is 1.92. The Morgan fingerprint density at radius 2 is 1.68 bits per heavy atom. The van der Waals surface area contributed by atoms with Crippen molar-refractivity contribution in [1.82, 2.24) is 10.0 Å². The predicted octanol–water partition coefficient (Wildman–Crippen LogP) is 2.18. The van der Waals surface area contributed by atoms with Crippen molar-refractivity contribution >= 4 is 15.9 Å². The lowest BCUT2D eigenvalue weighted by Crippen LogP contribution is -2.35. The summed E-state index contributed by atoms with van der Waals surface area (Å²) in [6, 6.07) is 7.11. The van der Waals surface area contributed by atoms with Gasteiger partial charge in [0.25, 0.3) is 0 Å². The molecule has 0 bridgehead atoms. The molecule has 0 heterocycles. The number of hydrogen-bond acceptors (Lipinski definition) is 3. The Morgan fingerprint density at radius 3 is 2.18 bits per heavy atom. The van der Waals surface area contributed by atoms with E-state index in [4.69, 9.17) is 0 Å². The number of carbonyl (C=O) groups is 1. The summed E-state index contributed by atoms with van der Waals surface area (Å²) in [5.41, 5.74) is 1.04. The van der Waals surface area contributed by atoms with Crippen LogP contribution >= 0.6 is 0 Å². The van der Waals surface area contributed by atoms with Crippen molar-refractivity contribution in [3.63, 3.8) is 0 Å². The third-order valence-electron chi connectivity index (χ3n) is 3.00. The van der Waals surface area contributed by atoms with Crippen molar-refractivity contribution in [2.45, 2.75) is 53.0 Å². The molecule has 1 rings (SSSR count). The van der Waals surface area contributed by atoms with Crippen LogP contribution in [0.25, 0.3) is 0 Å². The highest BCUT2D eigenvalue weighted by Gasteiger charge is 2.21. The Morgan fingerprint density at radius 1 is 1.14 bits per heavy atom. The van der Waals surface area contributed by atoms with Gasteiger partial charge in [0.05, 0.1) is 5.75 Å². The van der Waals surface area contributed by atoms with Crippen molar-refractivity contribution in [2.24, 2.45) is 5.41 Å². The zero-order valence-corrected chi connectivity index (χ0v) is 14.8. The highest BCUT2D eigenvalue weighted by atomic mass is 32.2. The van der Waals surface area contributed by atoms with Gasteiger partial charge in [0.15, 0.2) is 0 Å². The second kappa shape index (κ2) is 7.24. The molecule has 1 amide bonds. The van der Waals surface area contributed by atoms with E-state index in [1.54, 1.807) is 26.0 Å². The molecule has 0 atom stereocenters. The molecular weight excluding hydrogens is 300 g/mol. The smallest absolute Gasteiger partial charge is 0.225 e. The van der Waals surface area contributed by atoms with E-state index in [-0.39, 0.29) is 17.7 Å². The molecule has 6 heteroatoms. The quantitative estimate of drug-likeness (QED) is 0.841. The standard InChI is InChI=1S/C16H26N2O3S/c1-12(2)18-22(20,21)11-14-9-7-6-8-13(14)10-17-15(19)16(3,4)5/h6-9,12,18H,10-11H2,1-5H3,(H,17,19). The Labute approximate surface area is 133 Å². The first-order valence-corrected chi connectivity index (χ1v) is 9.01. The van der Waals surface area contributed by atoms with Gasteiger partial charge < -0.3 is 5.32 Å². The summed E-state index contributed by atoms with van der Waals surface area (Å²) >= 11 is 0. The highest BCUT2D eigenvalue weighted by Crippen LogP contribution is 2.15. The first-order chi connectivity index (χ1) is 10.0. The molecule has 0 spiro atoms. The van der Waals surface area contributed by atoms with Gasteiger partial charge in [-0.15, -0.1) is 0 Å². The van der Waals surface area contributed by atoms with Gasteiger partial charge in [-0.3, -0.25) is 4.79 Å². The van der Waals surface area contributed by atoms with Crippen molar-refractivity contribution in [3.8, 4) is 0 Å². The fraction of sp³-hybridized carbons (Fsp3) is 0.562. The van der Waals surface area contributed by atoms with Crippen molar-refractivity contribution in [3.05, 3.63) is 35.4 Å². The first kappa shape index (κ1) is 18.6. The van der Waals surface area contributed by atoms with Gasteiger partial charge in [0.2, 0.25) is 15.9 Å². The van der Waals surface area contributed by atoms with Gasteiger partial charge in [0.1, 0.15) is 0 Å². The number of carbonyl (C=O) groups excluding carboxylic acids is 1. The third kappa shape index (κ3) is 6.15. The van der Waals surface area contributed by atoms with Crippen LogP contribution in [0.2, 0.25) is 0 Å². The maximum atomic E-state index is 12.1. The molecule has 0 unspecified atom stereocenters. The van der Waals surface area contributed by atoms with Crippen LogP contribution in [0.3, 0.4) is 0 Å². The normalized spacial score (nSPS) is 12.5. The lowest BCUT2D eigenvalue weighted by Gasteiger charge is -2.19. The van der Waals surface area contributed by atoms with Crippen molar-refractivity contribution < 1.29 is 13.2 Å². The number of nitrogens with one attached hydrogen (secondary N) is 2. The van der Waals surface area contributed by atoms with Gasteiger partial charge in [-0.25, -0.2) is 13.1 Å². The lowest BCUT2D eigenvalue weighted by molar-refractivity contribution is -0.128. The van der Waals surface area contributed by atoms with Gasteiger partial charge in [-0.1, -0.05) is 45.0 Å². The number of sulfonamides is 1. The summed E-state index contributed by atoms with van der Waals surface area (Å²) in [5, 5.41) is 2.85. The summed E-state index contributed by atoms with van der Waals surface area (Å²) in [6.07, 6.45) is 0. The molecule has 1 aromatic carbocycles. The molecule has 22 heavy (non-hydrogen) atoms. The molecule has 0 saturated heterocycles. The summed E-state index contributed by atoms with van der Waals surface area (Å²) in [5.74, 6) is -0.155. The van der Waals surface area contributed by atoms with E-state index in [1.807, 2.05) is 32.9 Å². The molecule has 0 saturated carbocycles. The predicted molar refractivity (Wildman–Crippen MR) is 88.6 cm³/mol. The van der Waals surface area contributed by atoms with Crippen LogP contribution in [0.1, 0.15) is 45.7 Å². The summed E-state index contributed by atoms with van der Waals surface area (Å²) in [6.45, 7) is 9.41. The molecular formula is C16H26N2O3S. The van der Waals surface area contributed by atoms with E-state index in [9.17, 15) is 13.2 Å². The maximum absolute atomic E-state index is 12.1. The maximum Gasteiger partial charge on any atom is 0.225 e. The van der Waals surface area contributed by atoms with E-state index in [1.165, 1.54) is 0 Å². The topological polar surface area (TPSA) is 75.3 Å². The number of benzene rings is 1. The van der Waals surface area contributed by atoms with Crippen LogP contribution in [0.5, 0.6) is 0 Å². The van der Waals surface area contributed by atoms with Crippen LogP contribution in [0.4, 0.5) is 0 Å². The molecule has 0 fully saturated rings. The molecule has 0 aliphatic carbocycles. The molecule has 0 aromatic heterocycles. The van der Waals surface area contributed by atoms with Crippen LogP contribution in [-0.2, 0) is 27.1 Å². The molecule has 0 aliphatic rings. The van der Waals surface area contributed by atoms with Crippen LogP contribution in [0, 0.1) is 5.41 Å².